The summed E-state index contributed by atoms with van der Waals surface area (Å²) in [7, 11) is 0. The highest BCUT2D eigenvalue weighted by Crippen LogP contribution is 2.41. The maximum atomic E-state index is 12.8. The molecule has 0 spiro atoms. The summed E-state index contributed by atoms with van der Waals surface area (Å²) < 4.78 is 34.2. The number of hydrogen-bond acceptors (Lipinski definition) is 3. The van der Waals surface area contributed by atoms with Crippen molar-refractivity contribution < 1.29 is 23.0 Å². The predicted molar refractivity (Wildman–Crippen MR) is 65.0 cm³/mol. The van der Waals surface area contributed by atoms with E-state index in [2.05, 4.69) is 14.8 Å². The molecule has 0 radical (unpaired) electrons. The van der Waals surface area contributed by atoms with E-state index in [1.165, 1.54) is 19.1 Å². The fourth-order valence-electron chi connectivity index (χ4n) is 1.62. The number of fused-ring (bicyclic) bond motifs is 1. The number of hydrogen-bond donors (Lipinski definition) is 1. The summed E-state index contributed by atoms with van der Waals surface area (Å²) in [6.07, 6.45) is 0.674. The fraction of sp³-hybridized carbons (Fsp3) is 0.308. The van der Waals surface area contributed by atoms with Crippen LogP contribution in [0.1, 0.15) is 18.9 Å². The Labute approximate surface area is 109 Å². The van der Waals surface area contributed by atoms with Gasteiger partial charge in [-0.15, -0.1) is 8.78 Å². The zero-order chi connectivity index (χ0) is 13.9. The molecule has 0 saturated carbocycles. The molecule has 1 aromatic rings. The minimum atomic E-state index is -3.59. The Bertz CT molecular complexity index is 515. The molecule has 1 amide bonds. The van der Waals surface area contributed by atoms with Gasteiger partial charge in [0.2, 0.25) is 5.91 Å². The average molecular weight is 269 g/mol. The number of carbonyl (C=O) groups excluding carboxylic acids is 1. The van der Waals surface area contributed by atoms with E-state index in [0.717, 1.165) is 5.56 Å². The Balaban J connectivity index is 1.93. The third-order valence-electron chi connectivity index (χ3n) is 2.42. The van der Waals surface area contributed by atoms with Crippen molar-refractivity contribution in [3.05, 3.63) is 29.8 Å². The van der Waals surface area contributed by atoms with Crippen LogP contribution in [0.5, 0.6) is 11.5 Å². The molecule has 0 aliphatic carbocycles. The van der Waals surface area contributed by atoms with Gasteiger partial charge in [0.05, 0.1) is 0 Å². The largest absolute Gasteiger partial charge is 0.586 e. The molecule has 1 heterocycles. The molecule has 1 aliphatic rings. The average Bonchev–Trinajstić information content (AvgIpc) is 2.61. The first-order valence-corrected chi connectivity index (χ1v) is 5.77. The molecule has 0 atom stereocenters. The second kappa shape index (κ2) is 5.26. The summed E-state index contributed by atoms with van der Waals surface area (Å²) in [6, 6.07) is 4.56. The van der Waals surface area contributed by atoms with Crippen LogP contribution in [0.4, 0.5) is 8.78 Å². The minimum absolute atomic E-state index is 0.0222. The van der Waals surface area contributed by atoms with Gasteiger partial charge in [-0.05, 0) is 24.1 Å². The van der Waals surface area contributed by atoms with Crippen LogP contribution in [0.25, 0.3) is 6.08 Å². The second-order valence-electron chi connectivity index (χ2n) is 4.05. The van der Waals surface area contributed by atoms with Crippen molar-refractivity contribution in [2.24, 2.45) is 0 Å². The number of halogens is 2. The van der Waals surface area contributed by atoms with Crippen molar-refractivity contribution in [2.75, 3.05) is 6.54 Å². The number of carbonyl (C=O) groups is 1. The lowest BCUT2D eigenvalue weighted by Gasteiger charge is -2.04. The van der Waals surface area contributed by atoms with Gasteiger partial charge in [-0.25, -0.2) is 0 Å². The van der Waals surface area contributed by atoms with E-state index in [-0.39, 0.29) is 17.4 Å². The highest BCUT2D eigenvalue weighted by Gasteiger charge is 2.43. The molecule has 6 heteroatoms. The van der Waals surface area contributed by atoms with Crippen LogP contribution >= 0.6 is 0 Å². The van der Waals surface area contributed by atoms with Crippen LogP contribution in [-0.2, 0) is 4.79 Å². The monoisotopic (exact) mass is 269 g/mol. The first kappa shape index (κ1) is 13.3. The van der Waals surface area contributed by atoms with Crippen LogP contribution in [-0.4, -0.2) is 18.7 Å². The molecule has 0 aromatic heterocycles. The predicted octanol–water partition coefficient (Wildman–Crippen LogP) is 2.55. The molecule has 0 saturated heterocycles. The summed E-state index contributed by atoms with van der Waals surface area (Å²) in [5.41, 5.74) is 0.725. The van der Waals surface area contributed by atoms with E-state index in [4.69, 9.17) is 0 Å². The van der Waals surface area contributed by atoms with E-state index >= 15 is 0 Å². The number of alkyl halides is 2. The number of nitrogens with one attached hydrogen (secondary N) is 1. The molecular formula is C13H13F2NO3. The maximum absolute atomic E-state index is 12.8. The van der Waals surface area contributed by atoms with Crippen molar-refractivity contribution in [2.45, 2.75) is 19.6 Å². The molecule has 0 fully saturated rings. The molecule has 1 aliphatic heterocycles. The number of ether oxygens (including phenoxy) is 2. The molecule has 19 heavy (non-hydrogen) atoms. The summed E-state index contributed by atoms with van der Waals surface area (Å²) in [5.74, 6) is -0.0341. The van der Waals surface area contributed by atoms with Gasteiger partial charge in [0.1, 0.15) is 0 Å². The molecule has 0 unspecified atom stereocenters. The second-order valence-corrected chi connectivity index (χ2v) is 4.05. The smallest absolute Gasteiger partial charge is 0.395 e. The Morgan fingerprint density at radius 2 is 2.11 bits per heavy atom. The van der Waals surface area contributed by atoms with E-state index in [1.54, 1.807) is 12.1 Å². The molecule has 1 aromatic carbocycles. The third-order valence-corrected chi connectivity index (χ3v) is 2.42. The maximum Gasteiger partial charge on any atom is 0.586 e. The van der Waals surface area contributed by atoms with Gasteiger partial charge in [-0.2, -0.15) is 0 Å². The summed E-state index contributed by atoms with van der Waals surface area (Å²) in [4.78, 5) is 10.6. The van der Waals surface area contributed by atoms with Crippen LogP contribution in [0.3, 0.4) is 0 Å². The molecule has 0 bridgehead atoms. The first-order chi connectivity index (χ1) is 8.96. The van der Waals surface area contributed by atoms with Gasteiger partial charge in [-0.3, -0.25) is 4.79 Å². The standard InChI is InChI=1S/C13H13F2NO3/c1-9(17)16-7-3-2-4-10-5-6-11-12(8-10)19-13(14,15)18-11/h2,4-6,8H,3,7H2,1H3,(H,16,17). The van der Waals surface area contributed by atoms with Crippen molar-refractivity contribution in [3.63, 3.8) is 0 Å². The Morgan fingerprint density at radius 3 is 2.84 bits per heavy atom. The lowest BCUT2D eigenvalue weighted by molar-refractivity contribution is -0.286. The highest BCUT2D eigenvalue weighted by atomic mass is 19.3. The molecular weight excluding hydrogens is 256 g/mol. The quantitative estimate of drug-likeness (QED) is 0.854. The van der Waals surface area contributed by atoms with Gasteiger partial charge in [0.15, 0.2) is 11.5 Å². The van der Waals surface area contributed by atoms with Gasteiger partial charge < -0.3 is 14.8 Å². The van der Waals surface area contributed by atoms with Gasteiger partial charge in [0.25, 0.3) is 0 Å². The van der Waals surface area contributed by atoms with Crippen molar-refractivity contribution in [1.29, 1.82) is 0 Å². The Hall–Kier alpha value is -2.11. The van der Waals surface area contributed by atoms with Crippen molar-refractivity contribution >= 4 is 12.0 Å². The first-order valence-electron chi connectivity index (χ1n) is 5.77. The zero-order valence-corrected chi connectivity index (χ0v) is 10.3. The third kappa shape index (κ3) is 3.67. The summed E-state index contributed by atoms with van der Waals surface area (Å²) >= 11 is 0. The lowest BCUT2D eigenvalue weighted by Crippen LogP contribution is -2.25. The number of rotatable bonds is 4. The molecule has 2 rings (SSSR count). The number of amides is 1. The van der Waals surface area contributed by atoms with Crippen LogP contribution in [0.15, 0.2) is 24.3 Å². The fourth-order valence-corrected chi connectivity index (χ4v) is 1.62. The Morgan fingerprint density at radius 1 is 1.37 bits per heavy atom. The van der Waals surface area contributed by atoms with Crippen LogP contribution < -0.4 is 14.8 Å². The SMILES string of the molecule is CC(=O)NCCC=Cc1ccc2c(c1)OC(F)(F)O2. The van der Waals surface area contributed by atoms with E-state index in [9.17, 15) is 13.6 Å². The molecule has 1 N–H and O–H groups in total. The van der Waals surface area contributed by atoms with E-state index in [0.29, 0.717) is 13.0 Å². The number of benzene rings is 1. The van der Waals surface area contributed by atoms with Gasteiger partial charge in [0, 0.05) is 13.5 Å². The van der Waals surface area contributed by atoms with Crippen LogP contribution in [0.2, 0.25) is 0 Å². The van der Waals surface area contributed by atoms with Crippen molar-refractivity contribution in [1.82, 2.24) is 5.32 Å². The van der Waals surface area contributed by atoms with Crippen molar-refractivity contribution in [3.8, 4) is 11.5 Å². The summed E-state index contributed by atoms with van der Waals surface area (Å²) in [5, 5.41) is 2.65. The highest BCUT2D eigenvalue weighted by molar-refractivity contribution is 5.72. The normalized spacial score (nSPS) is 15.7. The van der Waals surface area contributed by atoms with E-state index < -0.39 is 6.29 Å². The van der Waals surface area contributed by atoms with E-state index in [1.807, 2.05) is 6.08 Å². The topological polar surface area (TPSA) is 47.6 Å². The Kier molecular flexibility index (Phi) is 3.69. The zero-order valence-electron chi connectivity index (χ0n) is 10.3. The lowest BCUT2D eigenvalue weighted by atomic mass is 10.2. The van der Waals surface area contributed by atoms with Gasteiger partial charge >= 0.3 is 6.29 Å². The minimum Gasteiger partial charge on any atom is -0.395 e. The molecule has 102 valence electrons. The van der Waals surface area contributed by atoms with Crippen LogP contribution in [0, 0.1) is 0 Å². The van der Waals surface area contributed by atoms with Gasteiger partial charge in [-0.1, -0.05) is 18.2 Å². The molecule has 4 nitrogen and oxygen atoms in total. The summed E-state index contributed by atoms with van der Waals surface area (Å²) in [6.45, 7) is 1.98.